The van der Waals surface area contributed by atoms with Crippen molar-refractivity contribution in [2.75, 3.05) is 6.61 Å². The number of ketones is 2. The van der Waals surface area contributed by atoms with E-state index in [2.05, 4.69) is 14.7 Å². The van der Waals surface area contributed by atoms with Crippen molar-refractivity contribution in [2.45, 2.75) is 13.3 Å². The summed E-state index contributed by atoms with van der Waals surface area (Å²) in [6.07, 6.45) is 1.90. The zero-order valence-corrected chi connectivity index (χ0v) is 12.4. The minimum atomic E-state index is -1.02. The smallest absolute Gasteiger partial charge is 0.375 e. The van der Waals surface area contributed by atoms with Gasteiger partial charge in [-0.25, -0.2) is 14.8 Å². The fourth-order valence-electron chi connectivity index (χ4n) is 1.64. The topological polar surface area (TPSA) is 95.5 Å². The highest BCUT2D eigenvalue weighted by Crippen LogP contribution is 2.16. The SMILES string of the molecule is CCOC(=O)C(=O)CC(=O)c1cnc(Oc2ccccc2)nc1. The molecule has 7 heteroatoms. The maximum atomic E-state index is 11.9. The van der Waals surface area contributed by atoms with E-state index < -0.39 is 24.0 Å². The fourth-order valence-corrected chi connectivity index (χ4v) is 1.64. The number of carbonyl (C=O) groups excluding carboxylic acids is 3. The Balaban J connectivity index is 1.97. The van der Waals surface area contributed by atoms with Gasteiger partial charge in [-0.1, -0.05) is 18.2 Å². The monoisotopic (exact) mass is 314 g/mol. The van der Waals surface area contributed by atoms with Gasteiger partial charge >= 0.3 is 12.0 Å². The highest BCUT2D eigenvalue weighted by Gasteiger charge is 2.20. The van der Waals surface area contributed by atoms with Crippen LogP contribution in [-0.4, -0.2) is 34.1 Å². The summed E-state index contributed by atoms with van der Waals surface area (Å²) >= 11 is 0. The molecule has 0 saturated heterocycles. The molecule has 7 nitrogen and oxygen atoms in total. The van der Waals surface area contributed by atoms with E-state index in [9.17, 15) is 14.4 Å². The summed E-state index contributed by atoms with van der Waals surface area (Å²) in [5.74, 6) is -1.93. The van der Waals surface area contributed by atoms with E-state index in [4.69, 9.17) is 4.74 Å². The standard InChI is InChI=1S/C16H14N2O5/c1-2-22-15(21)14(20)8-13(19)11-9-17-16(18-10-11)23-12-6-4-3-5-7-12/h3-7,9-10H,2,8H2,1H3. The number of nitrogens with zero attached hydrogens (tertiary/aromatic N) is 2. The van der Waals surface area contributed by atoms with Gasteiger partial charge in [0.05, 0.1) is 18.6 Å². The maximum absolute atomic E-state index is 11.9. The van der Waals surface area contributed by atoms with Crippen LogP contribution in [0.15, 0.2) is 42.7 Å². The van der Waals surface area contributed by atoms with Crippen LogP contribution in [0.25, 0.3) is 0 Å². The number of para-hydroxylation sites is 1. The number of carbonyl (C=O) groups is 3. The third-order valence-corrected chi connectivity index (χ3v) is 2.73. The minimum Gasteiger partial charge on any atom is -0.460 e. The van der Waals surface area contributed by atoms with E-state index in [1.807, 2.05) is 6.07 Å². The molecule has 1 aromatic carbocycles. The second kappa shape index (κ2) is 7.79. The van der Waals surface area contributed by atoms with Gasteiger partial charge in [-0.15, -0.1) is 0 Å². The van der Waals surface area contributed by atoms with Crippen LogP contribution in [0.2, 0.25) is 0 Å². The van der Waals surface area contributed by atoms with Crippen molar-refractivity contribution in [2.24, 2.45) is 0 Å². The molecule has 0 fully saturated rings. The van der Waals surface area contributed by atoms with Gasteiger partial charge in [-0.2, -0.15) is 0 Å². The molecule has 0 spiro atoms. The summed E-state index contributed by atoms with van der Waals surface area (Å²) in [4.78, 5) is 42.3. The molecule has 0 aliphatic rings. The molecule has 2 aromatic rings. The molecule has 0 aliphatic heterocycles. The number of esters is 1. The molecule has 0 amide bonds. The number of Topliss-reactive ketones (excluding diaryl/α,β-unsaturated/α-hetero) is 2. The quantitative estimate of drug-likeness (QED) is 0.333. The molecule has 0 N–H and O–H groups in total. The van der Waals surface area contributed by atoms with Gasteiger partial charge in [0.25, 0.3) is 0 Å². The first-order chi connectivity index (χ1) is 11.1. The first-order valence-electron chi connectivity index (χ1n) is 6.88. The largest absolute Gasteiger partial charge is 0.460 e. The van der Waals surface area contributed by atoms with Gasteiger partial charge in [0.2, 0.25) is 5.78 Å². The second-order valence-corrected chi connectivity index (χ2v) is 4.41. The van der Waals surface area contributed by atoms with Crippen molar-refractivity contribution in [3.63, 3.8) is 0 Å². The predicted octanol–water partition coefficient (Wildman–Crippen LogP) is 1.97. The van der Waals surface area contributed by atoms with Gasteiger partial charge < -0.3 is 9.47 Å². The summed E-state index contributed by atoms with van der Waals surface area (Å²) in [6, 6.07) is 8.99. The number of aromatic nitrogens is 2. The van der Waals surface area contributed by atoms with E-state index >= 15 is 0 Å². The molecule has 0 atom stereocenters. The van der Waals surface area contributed by atoms with Crippen LogP contribution >= 0.6 is 0 Å². The maximum Gasteiger partial charge on any atom is 0.375 e. The van der Waals surface area contributed by atoms with Crippen LogP contribution in [0.5, 0.6) is 11.8 Å². The molecule has 0 bridgehead atoms. The van der Waals surface area contributed by atoms with Crippen LogP contribution in [0.4, 0.5) is 0 Å². The zero-order valence-electron chi connectivity index (χ0n) is 12.4. The Labute approximate surface area is 132 Å². The van der Waals surface area contributed by atoms with E-state index in [-0.39, 0.29) is 18.2 Å². The molecular weight excluding hydrogens is 300 g/mol. The molecule has 1 aromatic heterocycles. The van der Waals surface area contributed by atoms with E-state index in [1.165, 1.54) is 12.4 Å². The van der Waals surface area contributed by atoms with Crippen molar-refractivity contribution in [3.8, 4) is 11.8 Å². The highest BCUT2D eigenvalue weighted by molar-refractivity contribution is 6.38. The lowest BCUT2D eigenvalue weighted by Gasteiger charge is -2.04. The lowest BCUT2D eigenvalue weighted by atomic mass is 10.1. The van der Waals surface area contributed by atoms with Gasteiger partial charge in [0, 0.05) is 12.4 Å². The van der Waals surface area contributed by atoms with Crippen LogP contribution < -0.4 is 4.74 Å². The summed E-state index contributed by atoms with van der Waals surface area (Å²) in [7, 11) is 0. The Morgan fingerprint density at radius 2 is 1.70 bits per heavy atom. The summed E-state index contributed by atoms with van der Waals surface area (Å²) < 4.78 is 9.92. The van der Waals surface area contributed by atoms with Crippen molar-refractivity contribution in [3.05, 3.63) is 48.3 Å². The Bertz CT molecular complexity index is 698. The van der Waals surface area contributed by atoms with Gasteiger partial charge in [-0.3, -0.25) is 9.59 Å². The normalized spacial score (nSPS) is 9.96. The van der Waals surface area contributed by atoms with Crippen molar-refractivity contribution >= 4 is 17.5 Å². The Morgan fingerprint density at radius 3 is 2.30 bits per heavy atom. The lowest BCUT2D eigenvalue weighted by Crippen LogP contribution is -2.20. The number of hydrogen-bond acceptors (Lipinski definition) is 7. The molecule has 0 saturated carbocycles. The molecule has 1 heterocycles. The first-order valence-corrected chi connectivity index (χ1v) is 6.88. The third kappa shape index (κ3) is 4.70. The van der Waals surface area contributed by atoms with Crippen molar-refractivity contribution in [1.29, 1.82) is 0 Å². The number of rotatable bonds is 7. The number of hydrogen-bond donors (Lipinski definition) is 0. The molecule has 118 valence electrons. The molecular formula is C16H14N2O5. The molecule has 0 radical (unpaired) electrons. The predicted molar refractivity (Wildman–Crippen MR) is 79.1 cm³/mol. The Kier molecular flexibility index (Phi) is 5.51. The Hall–Kier alpha value is -3.09. The highest BCUT2D eigenvalue weighted by atomic mass is 16.5. The van der Waals surface area contributed by atoms with Gasteiger partial charge in [0.15, 0.2) is 5.78 Å². The van der Waals surface area contributed by atoms with Crippen molar-refractivity contribution in [1.82, 2.24) is 9.97 Å². The van der Waals surface area contributed by atoms with Gasteiger partial charge in [0.1, 0.15) is 5.75 Å². The first kappa shape index (κ1) is 16.3. The number of ether oxygens (including phenoxy) is 2. The van der Waals surface area contributed by atoms with Crippen LogP contribution in [0, 0.1) is 0 Å². The molecule has 23 heavy (non-hydrogen) atoms. The molecule has 0 unspecified atom stereocenters. The van der Waals surface area contributed by atoms with Gasteiger partial charge in [-0.05, 0) is 19.1 Å². The van der Waals surface area contributed by atoms with Crippen LogP contribution in [0.3, 0.4) is 0 Å². The molecule has 2 rings (SSSR count). The van der Waals surface area contributed by atoms with E-state index in [0.717, 1.165) is 0 Å². The van der Waals surface area contributed by atoms with Crippen molar-refractivity contribution < 1.29 is 23.9 Å². The third-order valence-electron chi connectivity index (χ3n) is 2.73. The average Bonchev–Trinajstić information content (AvgIpc) is 2.56. The fraction of sp³-hybridized carbons (Fsp3) is 0.188. The van der Waals surface area contributed by atoms with E-state index in [0.29, 0.717) is 5.75 Å². The van der Waals surface area contributed by atoms with E-state index in [1.54, 1.807) is 31.2 Å². The zero-order chi connectivity index (χ0) is 16.7. The minimum absolute atomic E-state index is 0.0736. The summed E-state index contributed by atoms with van der Waals surface area (Å²) in [6.45, 7) is 1.65. The summed E-state index contributed by atoms with van der Waals surface area (Å²) in [5.41, 5.74) is 0.114. The second-order valence-electron chi connectivity index (χ2n) is 4.41. The summed E-state index contributed by atoms with van der Waals surface area (Å²) in [5, 5.41) is 0. The Morgan fingerprint density at radius 1 is 1.04 bits per heavy atom. The van der Waals surface area contributed by atoms with Crippen LogP contribution in [0.1, 0.15) is 23.7 Å². The number of benzene rings is 1. The lowest BCUT2D eigenvalue weighted by molar-refractivity contribution is -0.153. The average molecular weight is 314 g/mol. The molecule has 0 aliphatic carbocycles. The van der Waals surface area contributed by atoms with Crippen LogP contribution in [-0.2, 0) is 14.3 Å².